The molecule has 0 aromatic heterocycles. The van der Waals surface area contributed by atoms with Crippen LogP contribution in [0.4, 0.5) is 14.5 Å². The quantitative estimate of drug-likeness (QED) is 0.142. The second kappa shape index (κ2) is 11.9. The van der Waals surface area contributed by atoms with Crippen molar-refractivity contribution in [3.8, 4) is 0 Å². The highest BCUT2D eigenvalue weighted by molar-refractivity contribution is 5.89. The Morgan fingerprint density at radius 1 is 0.892 bits per heavy atom. The summed E-state index contributed by atoms with van der Waals surface area (Å²) in [5.74, 6) is -5.87. The number of carbonyl (C=O) groups is 1. The van der Waals surface area contributed by atoms with Crippen LogP contribution in [0.5, 0.6) is 0 Å². The van der Waals surface area contributed by atoms with Crippen LogP contribution in [0.2, 0.25) is 0 Å². The van der Waals surface area contributed by atoms with E-state index in [0.717, 1.165) is 41.5 Å². The molecule has 7 nitrogen and oxygen atoms in total. The predicted octanol–water partition coefficient (Wildman–Crippen LogP) is 5.74. The summed E-state index contributed by atoms with van der Waals surface area (Å²) in [5, 5.41) is 10.8. The molecule has 0 saturated carbocycles. The zero-order valence-electron chi connectivity index (χ0n) is 19.7. The Morgan fingerprint density at radius 3 is 2.08 bits per heavy atom. The molecule has 0 heterocycles. The van der Waals surface area contributed by atoms with Crippen molar-refractivity contribution in [1.82, 2.24) is 0 Å². The lowest BCUT2D eigenvalue weighted by atomic mass is 9.97. The third-order valence-corrected chi connectivity index (χ3v) is 5.97. The second-order valence-electron chi connectivity index (χ2n) is 8.55. The van der Waals surface area contributed by atoms with Gasteiger partial charge in [0, 0.05) is 12.1 Å². The molecule has 0 radical (unpaired) electrons. The first-order valence-electron chi connectivity index (χ1n) is 11.6. The number of nitro benzene ring substituents is 1. The van der Waals surface area contributed by atoms with Crippen molar-refractivity contribution in [1.29, 1.82) is 0 Å². The fraction of sp³-hybridized carbons (Fsp3) is 0.250. The Morgan fingerprint density at radius 2 is 1.49 bits per heavy atom. The van der Waals surface area contributed by atoms with E-state index in [1.807, 2.05) is 60.7 Å². The number of halogens is 2. The van der Waals surface area contributed by atoms with Crippen LogP contribution in [0.3, 0.4) is 0 Å². The van der Waals surface area contributed by atoms with E-state index in [-0.39, 0.29) is 31.1 Å². The SMILES string of the molecule is O=C(O[C@H]1C=C[C@@H]([C@@H](COCc2ccccc2)OCc2ccccc2)C1(F)F)c1ccc([N+](=O)[O-])cc1. The Bertz CT molecular complexity index is 1220. The molecule has 192 valence electrons. The summed E-state index contributed by atoms with van der Waals surface area (Å²) >= 11 is 0. The van der Waals surface area contributed by atoms with Gasteiger partial charge >= 0.3 is 5.97 Å². The normalized spacial score (nSPS) is 18.9. The topological polar surface area (TPSA) is 87.9 Å². The maximum atomic E-state index is 15.5. The number of esters is 1. The molecule has 9 heteroatoms. The van der Waals surface area contributed by atoms with Crippen molar-refractivity contribution in [2.75, 3.05) is 6.61 Å². The van der Waals surface area contributed by atoms with Crippen molar-refractivity contribution in [2.45, 2.75) is 31.3 Å². The van der Waals surface area contributed by atoms with E-state index in [2.05, 4.69) is 0 Å². The number of non-ortho nitro benzene ring substituents is 1. The van der Waals surface area contributed by atoms with E-state index in [4.69, 9.17) is 14.2 Å². The van der Waals surface area contributed by atoms with E-state index in [0.29, 0.717) is 0 Å². The van der Waals surface area contributed by atoms with Gasteiger partial charge in [-0.3, -0.25) is 10.1 Å². The van der Waals surface area contributed by atoms with Crippen molar-refractivity contribution >= 4 is 11.7 Å². The van der Waals surface area contributed by atoms with Crippen molar-refractivity contribution in [3.63, 3.8) is 0 Å². The first kappa shape index (κ1) is 26.1. The predicted molar refractivity (Wildman–Crippen MR) is 131 cm³/mol. The molecule has 0 unspecified atom stereocenters. The van der Waals surface area contributed by atoms with E-state index in [9.17, 15) is 14.9 Å². The van der Waals surface area contributed by atoms with Crippen molar-refractivity contribution < 1.29 is 32.7 Å². The van der Waals surface area contributed by atoms with Crippen molar-refractivity contribution in [3.05, 3.63) is 124 Å². The van der Waals surface area contributed by atoms with E-state index < -0.39 is 34.9 Å². The van der Waals surface area contributed by atoms with E-state index >= 15 is 8.78 Å². The van der Waals surface area contributed by atoms with E-state index in [1.165, 1.54) is 6.08 Å². The summed E-state index contributed by atoms with van der Waals surface area (Å²) in [6.45, 7) is 0.232. The van der Waals surface area contributed by atoms with Crippen LogP contribution in [0.15, 0.2) is 97.1 Å². The summed E-state index contributed by atoms with van der Waals surface area (Å²) in [5.41, 5.74) is 1.42. The number of rotatable bonds is 11. The number of hydrogen-bond acceptors (Lipinski definition) is 6. The van der Waals surface area contributed by atoms with Gasteiger partial charge in [0.25, 0.3) is 11.6 Å². The molecule has 3 aromatic carbocycles. The highest BCUT2D eigenvalue weighted by atomic mass is 19.3. The fourth-order valence-electron chi connectivity index (χ4n) is 3.96. The molecule has 0 bridgehead atoms. The zero-order valence-corrected chi connectivity index (χ0v) is 19.7. The number of benzene rings is 3. The van der Waals surface area contributed by atoms with Crippen LogP contribution >= 0.6 is 0 Å². The molecule has 0 aliphatic heterocycles. The number of alkyl halides is 2. The molecule has 0 spiro atoms. The Labute approximate surface area is 212 Å². The van der Waals surface area contributed by atoms with Crippen LogP contribution in [0.1, 0.15) is 21.5 Å². The number of ether oxygens (including phenoxy) is 3. The smallest absolute Gasteiger partial charge is 0.338 e. The summed E-state index contributed by atoms with van der Waals surface area (Å²) in [6, 6.07) is 23.1. The first-order valence-corrected chi connectivity index (χ1v) is 11.6. The van der Waals surface area contributed by atoms with Gasteiger partial charge in [-0.05, 0) is 29.3 Å². The summed E-state index contributed by atoms with van der Waals surface area (Å²) < 4.78 is 47.7. The molecule has 1 aliphatic carbocycles. The maximum absolute atomic E-state index is 15.5. The highest BCUT2D eigenvalue weighted by Gasteiger charge is 2.54. The second-order valence-corrected chi connectivity index (χ2v) is 8.55. The average Bonchev–Trinajstić information content (AvgIpc) is 3.20. The van der Waals surface area contributed by atoms with Gasteiger partial charge in [0.2, 0.25) is 0 Å². The molecule has 37 heavy (non-hydrogen) atoms. The number of nitro groups is 1. The minimum absolute atomic E-state index is 0.0682. The average molecular weight is 510 g/mol. The molecule has 3 atom stereocenters. The highest BCUT2D eigenvalue weighted by Crippen LogP contribution is 2.41. The van der Waals surface area contributed by atoms with E-state index in [1.54, 1.807) is 0 Å². The number of carbonyl (C=O) groups excluding carboxylic acids is 1. The molecule has 4 rings (SSSR count). The molecule has 0 saturated heterocycles. The van der Waals surface area contributed by atoms with Gasteiger partial charge in [0.05, 0.1) is 42.3 Å². The summed E-state index contributed by atoms with van der Waals surface area (Å²) in [7, 11) is 0. The number of hydrogen-bond donors (Lipinski definition) is 0. The lowest BCUT2D eigenvalue weighted by molar-refractivity contribution is -0.384. The molecular weight excluding hydrogens is 484 g/mol. The molecule has 3 aromatic rings. The first-order chi connectivity index (χ1) is 17.8. The third kappa shape index (κ3) is 6.63. The van der Waals surface area contributed by atoms with Gasteiger partial charge in [-0.1, -0.05) is 66.7 Å². The van der Waals surface area contributed by atoms with Crippen LogP contribution in [-0.2, 0) is 27.4 Å². The van der Waals surface area contributed by atoms with Gasteiger partial charge in [0.1, 0.15) is 0 Å². The van der Waals surface area contributed by atoms with Gasteiger partial charge in [-0.25, -0.2) is 13.6 Å². The van der Waals surface area contributed by atoms with Crippen LogP contribution in [0.25, 0.3) is 0 Å². The van der Waals surface area contributed by atoms with Gasteiger partial charge in [0.15, 0.2) is 6.10 Å². The largest absolute Gasteiger partial charge is 0.448 e. The number of nitrogens with zero attached hydrogens (tertiary/aromatic N) is 1. The van der Waals surface area contributed by atoms with Crippen molar-refractivity contribution in [2.24, 2.45) is 5.92 Å². The Balaban J connectivity index is 1.43. The molecule has 0 N–H and O–H groups in total. The standard InChI is InChI=1S/C28H25F2NO6/c29-28(30)24(15-16-26(28)37-27(32)22-11-13-23(14-12-22)31(33)34)25(36-18-21-9-5-2-6-10-21)19-35-17-20-7-3-1-4-8-20/h1-16,24-26H,17-19H2/t24-,25+,26-/m0/s1. The third-order valence-electron chi connectivity index (χ3n) is 5.97. The lowest BCUT2D eigenvalue weighted by Crippen LogP contribution is -2.45. The van der Waals surface area contributed by atoms with Crippen LogP contribution in [-0.4, -0.2) is 35.6 Å². The summed E-state index contributed by atoms with van der Waals surface area (Å²) in [6.07, 6.45) is -0.408. The van der Waals surface area contributed by atoms with Gasteiger partial charge < -0.3 is 14.2 Å². The van der Waals surface area contributed by atoms with Crippen LogP contribution < -0.4 is 0 Å². The molecular formula is C28H25F2NO6. The Hall–Kier alpha value is -3.95. The minimum Gasteiger partial charge on any atom is -0.448 e. The van der Waals surface area contributed by atoms with Crippen LogP contribution in [0, 0.1) is 16.0 Å². The van der Waals surface area contributed by atoms with Gasteiger partial charge in [-0.15, -0.1) is 0 Å². The Kier molecular flexibility index (Phi) is 8.37. The molecule has 1 aliphatic rings. The summed E-state index contributed by atoms with van der Waals surface area (Å²) in [4.78, 5) is 22.7. The monoisotopic (exact) mass is 509 g/mol. The van der Waals surface area contributed by atoms with Gasteiger partial charge in [-0.2, -0.15) is 0 Å². The minimum atomic E-state index is -3.46. The molecule has 0 amide bonds. The fourth-order valence-corrected chi connectivity index (χ4v) is 3.96. The lowest BCUT2D eigenvalue weighted by Gasteiger charge is -2.30. The zero-order chi connectivity index (χ0) is 26.3. The molecule has 0 fully saturated rings. The maximum Gasteiger partial charge on any atom is 0.338 e.